The van der Waals surface area contributed by atoms with Gasteiger partial charge in [-0.2, -0.15) is 0 Å². The van der Waals surface area contributed by atoms with Crippen molar-refractivity contribution in [3.05, 3.63) is 77.0 Å². The summed E-state index contributed by atoms with van der Waals surface area (Å²) in [5, 5.41) is 5.49. The molecule has 0 radical (unpaired) electrons. The molecule has 0 saturated heterocycles. The number of terminal acetylenes is 2. The van der Waals surface area contributed by atoms with Crippen LogP contribution in [0.3, 0.4) is 0 Å². The van der Waals surface area contributed by atoms with Crippen LogP contribution in [0.4, 0.5) is 5.69 Å². The van der Waals surface area contributed by atoms with Crippen molar-refractivity contribution >= 4 is 17.4 Å². The van der Waals surface area contributed by atoms with Gasteiger partial charge < -0.3 is 10.6 Å². The second kappa shape index (κ2) is 8.92. The van der Waals surface area contributed by atoms with E-state index in [1.807, 2.05) is 19.1 Å². The van der Waals surface area contributed by atoms with Crippen molar-refractivity contribution in [2.75, 3.05) is 11.9 Å². The van der Waals surface area contributed by atoms with Crippen LogP contribution in [0.15, 0.2) is 60.3 Å². The number of hydrogen-bond donors (Lipinski definition) is 2. The van der Waals surface area contributed by atoms with Gasteiger partial charge in [-0.15, -0.1) is 12.8 Å². The van der Waals surface area contributed by atoms with Crippen molar-refractivity contribution in [1.29, 1.82) is 0 Å². The molecular formula is C22H18N2O2. The first-order valence-corrected chi connectivity index (χ1v) is 7.92. The Balaban J connectivity index is 2.32. The zero-order chi connectivity index (χ0) is 18.9. The first-order chi connectivity index (χ1) is 12.6. The molecule has 2 N–H and O–H groups in total. The summed E-state index contributed by atoms with van der Waals surface area (Å²) >= 11 is 0. The van der Waals surface area contributed by atoms with Crippen LogP contribution in [0, 0.1) is 31.6 Å². The van der Waals surface area contributed by atoms with Gasteiger partial charge in [0.2, 0.25) is 0 Å². The lowest BCUT2D eigenvalue weighted by Crippen LogP contribution is -2.29. The number of benzene rings is 2. The molecule has 4 heteroatoms. The average Bonchev–Trinajstić information content (AvgIpc) is 2.67. The van der Waals surface area contributed by atoms with E-state index in [1.165, 1.54) is 6.20 Å². The molecule has 2 rings (SSSR count). The molecule has 0 aliphatic carbocycles. The van der Waals surface area contributed by atoms with Gasteiger partial charge in [0.15, 0.2) is 5.78 Å². The largest absolute Gasteiger partial charge is 0.361 e. The van der Waals surface area contributed by atoms with E-state index in [0.717, 1.165) is 11.1 Å². The Morgan fingerprint density at radius 3 is 2.38 bits per heavy atom. The number of carbonyl (C=O) groups excluding carboxylic acids is 2. The SMILES string of the molecule is C#CCNC(=O)C(=CNc1ccc(C#C)cc1)C(=O)c1ccccc1C. The van der Waals surface area contributed by atoms with Crippen LogP contribution in [-0.4, -0.2) is 18.2 Å². The number of amides is 1. The van der Waals surface area contributed by atoms with Crippen LogP contribution in [0.25, 0.3) is 0 Å². The molecule has 0 bridgehead atoms. The zero-order valence-corrected chi connectivity index (χ0v) is 14.4. The molecule has 2 aromatic carbocycles. The van der Waals surface area contributed by atoms with Crippen LogP contribution in [0.1, 0.15) is 21.5 Å². The van der Waals surface area contributed by atoms with Crippen molar-refractivity contribution in [2.45, 2.75) is 6.92 Å². The Hall–Kier alpha value is -3.76. The molecule has 26 heavy (non-hydrogen) atoms. The lowest BCUT2D eigenvalue weighted by molar-refractivity contribution is -0.116. The smallest absolute Gasteiger partial charge is 0.257 e. The third kappa shape index (κ3) is 4.63. The summed E-state index contributed by atoms with van der Waals surface area (Å²) in [6.45, 7) is 1.85. The average molecular weight is 342 g/mol. The Morgan fingerprint density at radius 2 is 1.77 bits per heavy atom. The molecule has 128 valence electrons. The molecule has 0 aliphatic rings. The van der Waals surface area contributed by atoms with E-state index in [0.29, 0.717) is 11.3 Å². The molecule has 4 nitrogen and oxygen atoms in total. The van der Waals surface area contributed by atoms with Crippen molar-refractivity contribution in [2.24, 2.45) is 0 Å². The Labute approximate surface area is 153 Å². The fourth-order valence-electron chi connectivity index (χ4n) is 2.25. The van der Waals surface area contributed by atoms with E-state index in [4.69, 9.17) is 12.8 Å². The Kier molecular flexibility index (Phi) is 6.37. The quantitative estimate of drug-likeness (QED) is 0.279. The minimum Gasteiger partial charge on any atom is -0.361 e. The topological polar surface area (TPSA) is 58.2 Å². The number of hydrogen-bond acceptors (Lipinski definition) is 3. The van der Waals surface area contributed by atoms with Gasteiger partial charge in [-0.1, -0.05) is 36.1 Å². The molecule has 0 aromatic heterocycles. The van der Waals surface area contributed by atoms with Crippen molar-refractivity contribution in [3.63, 3.8) is 0 Å². The second-order valence-electron chi connectivity index (χ2n) is 5.45. The van der Waals surface area contributed by atoms with Gasteiger partial charge >= 0.3 is 0 Å². The van der Waals surface area contributed by atoms with Gasteiger partial charge in [0.05, 0.1) is 6.54 Å². The highest BCUT2D eigenvalue weighted by Gasteiger charge is 2.20. The second-order valence-corrected chi connectivity index (χ2v) is 5.45. The summed E-state index contributed by atoms with van der Waals surface area (Å²) in [6.07, 6.45) is 11.9. The van der Waals surface area contributed by atoms with Gasteiger partial charge in [-0.05, 0) is 36.8 Å². The zero-order valence-electron chi connectivity index (χ0n) is 14.4. The van der Waals surface area contributed by atoms with E-state index >= 15 is 0 Å². The van der Waals surface area contributed by atoms with Gasteiger partial charge in [-0.3, -0.25) is 9.59 Å². The highest BCUT2D eigenvalue weighted by atomic mass is 16.2. The summed E-state index contributed by atoms with van der Waals surface area (Å²) in [7, 11) is 0. The highest BCUT2D eigenvalue weighted by Crippen LogP contribution is 2.15. The number of aryl methyl sites for hydroxylation is 1. The van der Waals surface area contributed by atoms with Crippen molar-refractivity contribution in [3.8, 4) is 24.7 Å². The normalized spacial score (nSPS) is 10.3. The monoisotopic (exact) mass is 342 g/mol. The van der Waals surface area contributed by atoms with E-state index in [9.17, 15) is 9.59 Å². The van der Waals surface area contributed by atoms with Crippen LogP contribution in [0.2, 0.25) is 0 Å². The standard InChI is InChI=1S/C22H18N2O2/c1-4-14-23-22(26)20(21(25)19-9-7-6-8-16(19)3)15-24-18-12-10-17(5-2)11-13-18/h1-2,6-13,15,24H,14H2,3H3,(H,23,26). The summed E-state index contributed by atoms with van der Waals surface area (Å²) in [5.41, 5.74) is 2.65. The van der Waals surface area contributed by atoms with Crippen LogP contribution in [0.5, 0.6) is 0 Å². The lowest BCUT2D eigenvalue weighted by atomic mass is 9.99. The summed E-state index contributed by atoms with van der Waals surface area (Å²) < 4.78 is 0. The first-order valence-electron chi connectivity index (χ1n) is 7.92. The number of anilines is 1. The lowest BCUT2D eigenvalue weighted by Gasteiger charge is -2.10. The van der Waals surface area contributed by atoms with Gasteiger partial charge in [0.1, 0.15) is 5.57 Å². The van der Waals surface area contributed by atoms with E-state index < -0.39 is 5.91 Å². The number of carbonyl (C=O) groups is 2. The molecule has 0 fully saturated rings. The Bertz CT molecular complexity index is 926. The van der Waals surface area contributed by atoms with Gasteiger partial charge in [0.25, 0.3) is 5.91 Å². The maximum absolute atomic E-state index is 12.8. The molecule has 0 aliphatic heterocycles. The molecule has 0 saturated carbocycles. The van der Waals surface area contributed by atoms with Gasteiger partial charge in [-0.25, -0.2) is 0 Å². The number of ketones is 1. The van der Waals surface area contributed by atoms with Crippen LogP contribution < -0.4 is 10.6 Å². The summed E-state index contributed by atoms with van der Waals surface area (Å²) in [6, 6.07) is 14.1. The third-order valence-corrected chi connectivity index (χ3v) is 3.66. The number of rotatable bonds is 6. The maximum atomic E-state index is 12.8. The van der Waals surface area contributed by atoms with Crippen LogP contribution in [-0.2, 0) is 4.79 Å². The molecular weight excluding hydrogens is 324 g/mol. The van der Waals surface area contributed by atoms with E-state index in [2.05, 4.69) is 22.5 Å². The molecule has 0 heterocycles. The van der Waals surface area contributed by atoms with Crippen molar-refractivity contribution < 1.29 is 9.59 Å². The predicted molar refractivity (Wildman–Crippen MR) is 103 cm³/mol. The third-order valence-electron chi connectivity index (χ3n) is 3.66. The predicted octanol–water partition coefficient (Wildman–Crippen LogP) is 2.90. The van der Waals surface area contributed by atoms with E-state index in [1.54, 1.807) is 36.4 Å². The number of nitrogens with one attached hydrogen (secondary N) is 2. The fourth-order valence-corrected chi connectivity index (χ4v) is 2.25. The van der Waals surface area contributed by atoms with Crippen LogP contribution >= 0.6 is 0 Å². The summed E-state index contributed by atoms with van der Waals surface area (Å²) in [5.74, 6) is 3.92. The molecule has 0 atom stereocenters. The molecule has 2 aromatic rings. The minimum absolute atomic E-state index is 0.0319. The highest BCUT2D eigenvalue weighted by molar-refractivity contribution is 6.26. The Morgan fingerprint density at radius 1 is 1.08 bits per heavy atom. The summed E-state index contributed by atoms with van der Waals surface area (Å²) in [4.78, 5) is 25.2. The first kappa shape index (κ1) is 18.6. The van der Waals surface area contributed by atoms with E-state index in [-0.39, 0.29) is 17.9 Å². The minimum atomic E-state index is -0.538. The van der Waals surface area contributed by atoms with Crippen molar-refractivity contribution in [1.82, 2.24) is 5.32 Å². The molecule has 1 amide bonds. The molecule has 0 spiro atoms. The fraction of sp³-hybridized carbons (Fsp3) is 0.0909. The number of Topliss-reactive ketones (excluding diaryl/α,β-unsaturated/α-hetero) is 1. The van der Waals surface area contributed by atoms with Gasteiger partial charge in [0, 0.05) is 23.0 Å². The molecule has 0 unspecified atom stereocenters. The maximum Gasteiger partial charge on any atom is 0.257 e.